The van der Waals surface area contributed by atoms with Crippen LogP contribution < -0.4 is 5.73 Å². The maximum Gasteiger partial charge on any atom is 0.266 e. The highest BCUT2D eigenvalue weighted by molar-refractivity contribution is 7.91. The van der Waals surface area contributed by atoms with E-state index in [1.807, 2.05) is 0 Å². The van der Waals surface area contributed by atoms with E-state index in [-0.39, 0.29) is 23.5 Å². The second kappa shape index (κ2) is 4.92. The van der Waals surface area contributed by atoms with E-state index in [2.05, 4.69) is 10.2 Å². The largest absolute Gasteiger partial charge is 0.397 e. The molecule has 0 saturated carbocycles. The molecule has 1 fully saturated rings. The van der Waals surface area contributed by atoms with Crippen LogP contribution in [0.15, 0.2) is 12.3 Å². The molecule has 1 atom stereocenters. The van der Waals surface area contributed by atoms with E-state index in [1.165, 1.54) is 22.4 Å². The molecule has 3 heterocycles. The van der Waals surface area contributed by atoms with E-state index in [0.717, 1.165) is 0 Å². The van der Waals surface area contributed by atoms with Crippen molar-refractivity contribution in [3.05, 3.63) is 17.1 Å². The lowest BCUT2D eigenvalue weighted by Crippen LogP contribution is -2.37. The van der Waals surface area contributed by atoms with Crippen LogP contribution in [-0.4, -0.2) is 54.0 Å². The van der Waals surface area contributed by atoms with Gasteiger partial charge in [0.05, 0.1) is 23.4 Å². The average Bonchev–Trinajstić information content (AvgIpc) is 2.98. The van der Waals surface area contributed by atoms with Crippen LogP contribution in [0, 0.1) is 0 Å². The molecule has 0 radical (unpaired) electrons. The normalized spacial score (nSPS) is 20.7. The van der Waals surface area contributed by atoms with Crippen molar-refractivity contribution in [3.63, 3.8) is 0 Å². The summed E-state index contributed by atoms with van der Waals surface area (Å²) < 4.78 is 23.1. The smallest absolute Gasteiger partial charge is 0.266 e. The van der Waals surface area contributed by atoms with Crippen LogP contribution in [0.1, 0.15) is 16.1 Å². The first-order valence-corrected chi connectivity index (χ1v) is 9.00. The van der Waals surface area contributed by atoms with Gasteiger partial charge in [0, 0.05) is 18.5 Å². The Hall–Kier alpha value is -1.74. The number of thiophene rings is 1. The van der Waals surface area contributed by atoms with Crippen molar-refractivity contribution in [3.8, 4) is 0 Å². The Morgan fingerprint density at radius 1 is 1.52 bits per heavy atom. The fourth-order valence-corrected chi connectivity index (χ4v) is 5.23. The van der Waals surface area contributed by atoms with Crippen molar-refractivity contribution in [1.29, 1.82) is 0 Å². The molecule has 1 aliphatic rings. The minimum Gasteiger partial charge on any atom is -0.397 e. The second-order valence-electron chi connectivity index (χ2n) is 5.07. The van der Waals surface area contributed by atoms with Crippen molar-refractivity contribution in [2.24, 2.45) is 0 Å². The molecule has 1 amide bonds. The molecule has 0 spiro atoms. The van der Waals surface area contributed by atoms with Gasteiger partial charge in [-0.3, -0.25) is 4.79 Å². The Morgan fingerprint density at radius 3 is 2.90 bits per heavy atom. The zero-order valence-electron chi connectivity index (χ0n) is 11.3. The van der Waals surface area contributed by atoms with Crippen molar-refractivity contribution in [2.45, 2.75) is 12.5 Å². The molecule has 0 aromatic carbocycles. The average molecular weight is 326 g/mol. The van der Waals surface area contributed by atoms with Gasteiger partial charge in [-0.1, -0.05) is 0 Å². The fraction of sp³-hybridized carbons (Fsp3) is 0.417. The number of nitrogens with zero attached hydrogens (tertiary/aromatic N) is 3. The van der Waals surface area contributed by atoms with Crippen LogP contribution in [0.2, 0.25) is 0 Å². The number of hydrogen-bond donors (Lipinski definition) is 1. The molecule has 0 bridgehead atoms. The minimum atomic E-state index is -3.04. The standard InChI is InChI=1S/C12H14N4O3S2/c1-16(7-3-5-21(18,19)6-7)12(17)10-9(13)8-2-4-14-15-11(8)20-10/h2,4,7H,3,5-6,13H2,1H3. The lowest BCUT2D eigenvalue weighted by molar-refractivity contribution is 0.0753. The number of rotatable bonds is 2. The van der Waals surface area contributed by atoms with Gasteiger partial charge in [0.15, 0.2) is 9.84 Å². The van der Waals surface area contributed by atoms with E-state index < -0.39 is 9.84 Å². The van der Waals surface area contributed by atoms with Crippen molar-refractivity contribution in [2.75, 3.05) is 24.3 Å². The van der Waals surface area contributed by atoms with E-state index in [0.29, 0.717) is 27.2 Å². The minimum absolute atomic E-state index is 0.0137. The summed E-state index contributed by atoms with van der Waals surface area (Å²) in [6, 6.07) is 1.42. The van der Waals surface area contributed by atoms with Crippen LogP contribution in [0.25, 0.3) is 10.2 Å². The lowest BCUT2D eigenvalue weighted by atomic mass is 10.2. The van der Waals surface area contributed by atoms with Gasteiger partial charge in [-0.25, -0.2) is 8.42 Å². The number of carbonyl (C=O) groups is 1. The first-order valence-electron chi connectivity index (χ1n) is 6.36. The zero-order valence-corrected chi connectivity index (χ0v) is 12.9. The number of sulfone groups is 1. The summed E-state index contributed by atoms with van der Waals surface area (Å²) >= 11 is 1.18. The number of amides is 1. The summed E-state index contributed by atoms with van der Waals surface area (Å²) in [6.07, 6.45) is 1.99. The molecule has 2 aromatic rings. The SMILES string of the molecule is CN(C(=O)c1sc2nnccc2c1N)C1CCS(=O)(=O)C1. The lowest BCUT2D eigenvalue weighted by Gasteiger charge is -2.22. The first-order chi connectivity index (χ1) is 9.89. The van der Waals surface area contributed by atoms with Gasteiger partial charge in [-0.15, -0.1) is 16.4 Å². The number of nitrogens with two attached hydrogens (primary N) is 1. The van der Waals surface area contributed by atoms with E-state index in [4.69, 9.17) is 5.73 Å². The van der Waals surface area contributed by atoms with Crippen LogP contribution in [-0.2, 0) is 9.84 Å². The monoisotopic (exact) mass is 326 g/mol. The maximum absolute atomic E-state index is 12.5. The zero-order chi connectivity index (χ0) is 15.2. The van der Waals surface area contributed by atoms with E-state index in [1.54, 1.807) is 13.1 Å². The maximum atomic E-state index is 12.5. The van der Waals surface area contributed by atoms with Crippen LogP contribution >= 0.6 is 11.3 Å². The highest BCUT2D eigenvalue weighted by Crippen LogP contribution is 2.33. The van der Waals surface area contributed by atoms with Crippen LogP contribution in [0.5, 0.6) is 0 Å². The molecule has 1 unspecified atom stereocenters. The molecule has 9 heteroatoms. The third kappa shape index (κ3) is 2.46. The molecule has 112 valence electrons. The Morgan fingerprint density at radius 2 is 2.29 bits per heavy atom. The third-order valence-corrected chi connectivity index (χ3v) is 6.54. The Labute approximate surface area is 125 Å². The predicted molar refractivity (Wildman–Crippen MR) is 81.0 cm³/mol. The summed E-state index contributed by atoms with van der Waals surface area (Å²) in [5.41, 5.74) is 6.38. The molecule has 1 aliphatic heterocycles. The summed E-state index contributed by atoms with van der Waals surface area (Å²) in [4.78, 5) is 15.0. The molecule has 2 aromatic heterocycles. The van der Waals surface area contributed by atoms with E-state index in [9.17, 15) is 13.2 Å². The van der Waals surface area contributed by atoms with E-state index >= 15 is 0 Å². The van der Waals surface area contributed by atoms with Gasteiger partial charge >= 0.3 is 0 Å². The number of carbonyl (C=O) groups excluding carboxylic acids is 1. The first kappa shape index (κ1) is 14.2. The predicted octanol–water partition coefficient (Wildman–Crippen LogP) is 0.533. The van der Waals surface area contributed by atoms with Gasteiger partial charge in [0.1, 0.15) is 9.71 Å². The summed E-state index contributed by atoms with van der Waals surface area (Å²) in [6.45, 7) is 0. The summed E-state index contributed by atoms with van der Waals surface area (Å²) in [5, 5.41) is 8.42. The topological polar surface area (TPSA) is 106 Å². The molecule has 2 N–H and O–H groups in total. The highest BCUT2D eigenvalue weighted by atomic mass is 32.2. The van der Waals surface area contributed by atoms with Crippen molar-refractivity contribution in [1.82, 2.24) is 15.1 Å². The Bertz CT molecular complexity index is 815. The molecule has 1 saturated heterocycles. The number of aromatic nitrogens is 2. The quantitative estimate of drug-likeness (QED) is 0.863. The molecule has 0 aliphatic carbocycles. The van der Waals surface area contributed by atoms with Crippen molar-refractivity contribution < 1.29 is 13.2 Å². The number of fused-ring (bicyclic) bond motifs is 1. The fourth-order valence-electron chi connectivity index (χ4n) is 2.44. The summed E-state index contributed by atoms with van der Waals surface area (Å²) in [7, 11) is -1.42. The molecule has 21 heavy (non-hydrogen) atoms. The molecule has 3 rings (SSSR count). The highest BCUT2D eigenvalue weighted by Gasteiger charge is 2.34. The number of nitrogen functional groups attached to an aromatic ring is 1. The van der Waals surface area contributed by atoms with Gasteiger partial charge in [-0.05, 0) is 12.5 Å². The summed E-state index contributed by atoms with van der Waals surface area (Å²) in [5.74, 6) is -0.125. The third-order valence-electron chi connectivity index (χ3n) is 3.69. The van der Waals surface area contributed by atoms with Gasteiger partial charge in [0.2, 0.25) is 0 Å². The Kier molecular flexibility index (Phi) is 3.33. The van der Waals surface area contributed by atoms with Gasteiger partial charge in [-0.2, -0.15) is 5.10 Å². The van der Waals surface area contributed by atoms with Crippen LogP contribution in [0.4, 0.5) is 5.69 Å². The molecule has 7 nitrogen and oxygen atoms in total. The second-order valence-corrected chi connectivity index (χ2v) is 8.30. The van der Waals surface area contributed by atoms with Gasteiger partial charge in [0.25, 0.3) is 5.91 Å². The van der Waals surface area contributed by atoms with Crippen LogP contribution in [0.3, 0.4) is 0 Å². The molecular formula is C12H14N4O3S2. The Balaban J connectivity index is 1.92. The van der Waals surface area contributed by atoms with Gasteiger partial charge < -0.3 is 10.6 Å². The molecular weight excluding hydrogens is 312 g/mol. The van der Waals surface area contributed by atoms with Crippen molar-refractivity contribution >= 4 is 43.0 Å². The number of anilines is 1. The number of hydrogen-bond acceptors (Lipinski definition) is 7.